The summed E-state index contributed by atoms with van der Waals surface area (Å²) in [6.45, 7) is 0.795. The van der Waals surface area contributed by atoms with Crippen molar-refractivity contribution < 1.29 is 19.0 Å². The summed E-state index contributed by atoms with van der Waals surface area (Å²) in [5, 5.41) is 0. The van der Waals surface area contributed by atoms with Gasteiger partial charge in [-0.15, -0.1) is 0 Å². The number of hydrogen-bond acceptors (Lipinski definition) is 4. The van der Waals surface area contributed by atoms with Crippen molar-refractivity contribution in [2.24, 2.45) is 0 Å². The van der Waals surface area contributed by atoms with Gasteiger partial charge in [-0.1, -0.05) is 24.3 Å². The molecule has 1 aliphatic rings. The van der Waals surface area contributed by atoms with Crippen molar-refractivity contribution in [3.05, 3.63) is 54.1 Å². The van der Waals surface area contributed by atoms with Crippen molar-refractivity contribution in [1.29, 1.82) is 0 Å². The SMILES string of the molecule is COc1ccc([C@@H]2CCCN2C(=O)COc2ccccc2)cc1OC. The van der Waals surface area contributed by atoms with Crippen LogP contribution in [0.15, 0.2) is 48.5 Å². The molecule has 5 heteroatoms. The summed E-state index contributed by atoms with van der Waals surface area (Å²) in [4.78, 5) is 14.5. The lowest BCUT2D eigenvalue weighted by atomic mass is 10.0. The standard InChI is InChI=1S/C20H23NO4/c1-23-18-11-10-15(13-19(18)24-2)17-9-6-12-21(17)20(22)14-25-16-7-4-3-5-8-16/h3-5,7-8,10-11,13,17H,6,9,12,14H2,1-2H3/t17-/m0/s1. The van der Waals surface area contributed by atoms with Crippen LogP contribution in [0.4, 0.5) is 0 Å². The van der Waals surface area contributed by atoms with Gasteiger partial charge in [-0.3, -0.25) is 4.79 Å². The fourth-order valence-electron chi connectivity index (χ4n) is 3.22. The maximum atomic E-state index is 12.6. The molecule has 1 aliphatic heterocycles. The first kappa shape index (κ1) is 17.1. The van der Waals surface area contributed by atoms with Crippen LogP contribution in [0.3, 0.4) is 0 Å². The Labute approximate surface area is 148 Å². The van der Waals surface area contributed by atoms with Crippen LogP contribution in [-0.2, 0) is 4.79 Å². The fourth-order valence-corrected chi connectivity index (χ4v) is 3.22. The molecule has 2 aromatic rings. The Kier molecular flexibility index (Phi) is 5.43. The molecule has 1 heterocycles. The smallest absolute Gasteiger partial charge is 0.261 e. The topological polar surface area (TPSA) is 48.0 Å². The number of methoxy groups -OCH3 is 2. The molecule has 5 nitrogen and oxygen atoms in total. The number of rotatable bonds is 6. The summed E-state index contributed by atoms with van der Waals surface area (Å²) in [7, 11) is 3.23. The van der Waals surface area contributed by atoms with Gasteiger partial charge in [0.05, 0.1) is 20.3 Å². The van der Waals surface area contributed by atoms with Crippen molar-refractivity contribution in [2.45, 2.75) is 18.9 Å². The average Bonchev–Trinajstić information content (AvgIpc) is 3.16. The first-order chi connectivity index (χ1) is 12.2. The van der Waals surface area contributed by atoms with Crippen molar-refractivity contribution in [2.75, 3.05) is 27.4 Å². The Bertz CT molecular complexity index is 717. The number of amides is 1. The second kappa shape index (κ2) is 7.92. The van der Waals surface area contributed by atoms with Crippen LogP contribution < -0.4 is 14.2 Å². The predicted molar refractivity (Wildman–Crippen MR) is 95.2 cm³/mol. The van der Waals surface area contributed by atoms with E-state index >= 15 is 0 Å². The van der Waals surface area contributed by atoms with E-state index in [-0.39, 0.29) is 18.6 Å². The molecule has 3 rings (SSSR count). The lowest BCUT2D eigenvalue weighted by Crippen LogP contribution is -2.34. The highest BCUT2D eigenvalue weighted by atomic mass is 16.5. The quantitative estimate of drug-likeness (QED) is 0.807. The van der Waals surface area contributed by atoms with Crippen LogP contribution >= 0.6 is 0 Å². The van der Waals surface area contributed by atoms with Crippen molar-refractivity contribution in [3.63, 3.8) is 0 Å². The van der Waals surface area contributed by atoms with Gasteiger partial charge in [0, 0.05) is 6.54 Å². The number of para-hydroxylation sites is 1. The lowest BCUT2D eigenvalue weighted by Gasteiger charge is -2.25. The molecule has 132 valence electrons. The van der Waals surface area contributed by atoms with E-state index in [0.29, 0.717) is 17.2 Å². The van der Waals surface area contributed by atoms with Crippen LogP contribution in [0.2, 0.25) is 0 Å². The highest BCUT2D eigenvalue weighted by Crippen LogP contribution is 2.36. The summed E-state index contributed by atoms with van der Waals surface area (Å²) in [5.74, 6) is 2.08. The van der Waals surface area contributed by atoms with Crippen LogP contribution in [-0.4, -0.2) is 38.2 Å². The minimum absolute atomic E-state index is 0.00105. The zero-order chi connectivity index (χ0) is 17.6. The number of carbonyl (C=O) groups is 1. The molecule has 0 bridgehead atoms. The van der Waals surface area contributed by atoms with Crippen LogP contribution in [0.25, 0.3) is 0 Å². The van der Waals surface area contributed by atoms with E-state index in [1.807, 2.05) is 53.4 Å². The van der Waals surface area contributed by atoms with E-state index in [4.69, 9.17) is 14.2 Å². The van der Waals surface area contributed by atoms with Gasteiger partial charge in [-0.25, -0.2) is 0 Å². The minimum atomic E-state index is 0.00105. The van der Waals surface area contributed by atoms with Gasteiger partial charge in [0.1, 0.15) is 5.75 Å². The molecule has 0 saturated carbocycles. The van der Waals surface area contributed by atoms with E-state index in [9.17, 15) is 4.79 Å². The normalized spacial score (nSPS) is 16.6. The molecule has 0 aromatic heterocycles. The molecule has 1 saturated heterocycles. The third kappa shape index (κ3) is 3.87. The summed E-state index contributed by atoms with van der Waals surface area (Å²) < 4.78 is 16.3. The maximum Gasteiger partial charge on any atom is 0.261 e. The van der Waals surface area contributed by atoms with E-state index < -0.39 is 0 Å². The highest BCUT2D eigenvalue weighted by Gasteiger charge is 2.30. The zero-order valence-electron chi connectivity index (χ0n) is 14.6. The molecule has 0 unspecified atom stereocenters. The largest absolute Gasteiger partial charge is 0.493 e. The minimum Gasteiger partial charge on any atom is -0.493 e. The third-order valence-electron chi connectivity index (χ3n) is 4.47. The van der Waals surface area contributed by atoms with Gasteiger partial charge in [0.25, 0.3) is 5.91 Å². The molecular weight excluding hydrogens is 318 g/mol. The second-order valence-corrected chi connectivity index (χ2v) is 5.96. The van der Waals surface area contributed by atoms with Gasteiger partial charge in [-0.2, -0.15) is 0 Å². The molecule has 25 heavy (non-hydrogen) atoms. The van der Waals surface area contributed by atoms with E-state index in [2.05, 4.69) is 0 Å². The number of likely N-dealkylation sites (tertiary alicyclic amines) is 1. The lowest BCUT2D eigenvalue weighted by molar-refractivity contribution is -0.134. The number of benzene rings is 2. The highest BCUT2D eigenvalue weighted by molar-refractivity contribution is 5.78. The van der Waals surface area contributed by atoms with Gasteiger partial charge in [-0.05, 0) is 42.7 Å². The van der Waals surface area contributed by atoms with Gasteiger partial charge < -0.3 is 19.1 Å². The molecule has 0 N–H and O–H groups in total. The number of ether oxygens (including phenoxy) is 3. The summed E-state index contributed by atoms with van der Waals surface area (Å²) in [6, 6.07) is 15.3. The van der Waals surface area contributed by atoms with Crippen LogP contribution in [0, 0.1) is 0 Å². The number of hydrogen-bond donors (Lipinski definition) is 0. The van der Waals surface area contributed by atoms with Crippen molar-refractivity contribution in [1.82, 2.24) is 4.90 Å². The Morgan fingerprint density at radius 1 is 1.08 bits per heavy atom. The van der Waals surface area contributed by atoms with Crippen molar-refractivity contribution in [3.8, 4) is 17.2 Å². The Balaban J connectivity index is 1.70. The zero-order valence-corrected chi connectivity index (χ0v) is 14.6. The molecule has 1 atom stereocenters. The summed E-state index contributed by atoms with van der Waals surface area (Å²) >= 11 is 0. The maximum absolute atomic E-state index is 12.6. The average molecular weight is 341 g/mol. The van der Waals surface area contributed by atoms with Crippen LogP contribution in [0.5, 0.6) is 17.2 Å². The fraction of sp³-hybridized carbons (Fsp3) is 0.350. The Morgan fingerprint density at radius 3 is 2.56 bits per heavy atom. The molecule has 0 radical (unpaired) electrons. The summed E-state index contributed by atoms with van der Waals surface area (Å²) in [5.41, 5.74) is 1.06. The Hall–Kier alpha value is -2.69. The molecule has 0 spiro atoms. The molecule has 0 aliphatic carbocycles. The van der Waals surface area contributed by atoms with E-state index in [0.717, 1.165) is 24.9 Å². The van der Waals surface area contributed by atoms with Gasteiger partial charge in [0.15, 0.2) is 18.1 Å². The monoisotopic (exact) mass is 341 g/mol. The predicted octanol–water partition coefficient (Wildman–Crippen LogP) is 3.45. The first-order valence-corrected chi connectivity index (χ1v) is 8.42. The second-order valence-electron chi connectivity index (χ2n) is 5.96. The molecule has 2 aromatic carbocycles. The summed E-state index contributed by atoms with van der Waals surface area (Å²) in [6.07, 6.45) is 1.92. The van der Waals surface area contributed by atoms with E-state index in [1.54, 1.807) is 14.2 Å². The van der Waals surface area contributed by atoms with E-state index in [1.165, 1.54) is 0 Å². The Morgan fingerprint density at radius 2 is 1.84 bits per heavy atom. The molecular formula is C20H23NO4. The molecule has 1 amide bonds. The number of nitrogens with zero attached hydrogens (tertiary/aromatic N) is 1. The van der Waals surface area contributed by atoms with Gasteiger partial charge >= 0.3 is 0 Å². The first-order valence-electron chi connectivity index (χ1n) is 8.42. The van der Waals surface area contributed by atoms with Crippen LogP contribution in [0.1, 0.15) is 24.4 Å². The molecule has 1 fully saturated rings. The third-order valence-corrected chi connectivity index (χ3v) is 4.47. The number of carbonyl (C=O) groups excluding carboxylic acids is 1. The van der Waals surface area contributed by atoms with Crippen molar-refractivity contribution >= 4 is 5.91 Å². The van der Waals surface area contributed by atoms with Gasteiger partial charge in [0.2, 0.25) is 0 Å².